The van der Waals surface area contributed by atoms with E-state index in [1.807, 2.05) is 32.1 Å². The first-order valence-corrected chi connectivity index (χ1v) is 14.0. The summed E-state index contributed by atoms with van der Waals surface area (Å²) in [4.78, 5) is 40.7. The zero-order valence-corrected chi connectivity index (χ0v) is 30.3. The van der Waals surface area contributed by atoms with Gasteiger partial charge in [-0.25, -0.2) is 4.98 Å². The van der Waals surface area contributed by atoms with Crippen LogP contribution in [0.25, 0.3) is 39.3 Å². The molecular weight excluding hydrogens is 562 g/mol. The third-order valence-electron chi connectivity index (χ3n) is 8.74. The molecular formula is C33H34N4Na2O4. The quantitative estimate of drug-likeness (QED) is 0.334. The van der Waals surface area contributed by atoms with Crippen molar-refractivity contribution >= 4 is 51.2 Å². The van der Waals surface area contributed by atoms with Crippen molar-refractivity contribution in [3.8, 4) is 0 Å². The molecule has 5 rings (SSSR count). The minimum atomic E-state index is -1.31. The summed E-state index contributed by atoms with van der Waals surface area (Å²) in [5.74, 6) is -2.82. The van der Waals surface area contributed by atoms with E-state index < -0.39 is 11.9 Å². The fourth-order valence-corrected chi connectivity index (χ4v) is 6.31. The van der Waals surface area contributed by atoms with Gasteiger partial charge in [-0.2, -0.15) is 0 Å². The minimum absolute atomic E-state index is 0. The summed E-state index contributed by atoms with van der Waals surface area (Å²) in [7, 11) is 0. The summed E-state index contributed by atoms with van der Waals surface area (Å²) in [6.07, 6.45) is 2.79. The molecule has 2 atom stereocenters. The van der Waals surface area contributed by atoms with Crippen molar-refractivity contribution < 1.29 is 78.9 Å². The van der Waals surface area contributed by atoms with Crippen LogP contribution < -0.4 is 69.3 Å². The zero-order chi connectivity index (χ0) is 29.7. The molecule has 0 saturated heterocycles. The summed E-state index contributed by atoms with van der Waals surface area (Å²) in [5.41, 5.74) is 11.2. The predicted octanol–water partition coefficient (Wildman–Crippen LogP) is -1.45. The second-order valence-electron chi connectivity index (χ2n) is 11.0. The molecule has 212 valence electrons. The number of carbonyl (C=O) groups is 2. The number of rotatable bonds is 6. The summed E-state index contributed by atoms with van der Waals surface area (Å²) in [6.45, 7) is 15.8. The van der Waals surface area contributed by atoms with E-state index in [2.05, 4.69) is 36.5 Å². The second kappa shape index (κ2) is 13.7. The Morgan fingerprint density at radius 2 is 1.58 bits per heavy atom. The van der Waals surface area contributed by atoms with E-state index in [-0.39, 0.29) is 82.9 Å². The van der Waals surface area contributed by atoms with Gasteiger partial charge in [-0.3, -0.25) is 4.98 Å². The Morgan fingerprint density at radius 1 is 0.930 bits per heavy atom. The molecule has 0 aromatic carbocycles. The number of hydrogen-bond acceptors (Lipinski definition) is 6. The summed E-state index contributed by atoms with van der Waals surface area (Å²) >= 11 is 0. The average Bonchev–Trinajstić information content (AvgIpc) is 3.60. The van der Waals surface area contributed by atoms with Gasteiger partial charge in [0.15, 0.2) is 0 Å². The Labute approximate surface area is 295 Å². The van der Waals surface area contributed by atoms with Crippen LogP contribution in [0.5, 0.6) is 0 Å². The molecule has 0 amide bonds. The molecule has 5 heterocycles. The number of aliphatic carboxylic acids is 2. The molecule has 2 aliphatic heterocycles. The Morgan fingerprint density at radius 3 is 2.19 bits per heavy atom. The number of nitrogens with zero attached hydrogens (tertiary/aromatic N) is 2. The van der Waals surface area contributed by atoms with Crippen molar-refractivity contribution in [2.45, 2.75) is 72.6 Å². The van der Waals surface area contributed by atoms with Crippen molar-refractivity contribution in [2.24, 2.45) is 0 Å². The molecule has 2 unspecified atom stereocenters. The second-order valence-corrected chi connectivity index (χ2v) is 11.0. The van der Waals surface area contributed by atoms with Gasteiger partial charge in [0, 0.05) is 62.4 Å². The third kappa shape index (κ3) is 6.23. The number of H-pyrrole nitrogens is 2. The number of allylic oxidation sites excluding steroid dienone is 1. The van der Waals surface area contributed by atoms with Crippen LogP contribution in [0, 0.1) is 20.8 Å². The SMILES string of the molecule is C=Cc1c(C)c2cc3nc(c(C)c4nc(cc5[nH]c(cc1[nH]2)c(C)c5CC)C(C)=C4C(=O)[O-])C(CCC(=O)[O-])C3C.[Na+].[Na+]. The van der Waals surface area contributed by atoms with Crippen LogP contribution in [0.2, 0.25) is 0 Å². The van der Waals surface area contributed by atoms with E-state index in [1.165, 1.54) is 0 Å². The first-order valence-electron chi connectivity index (χ1n) is 14.0. The van der Waals surface area contributed by atoms with Crippen LogP contribution in [0.3, 0.4) is 0 Å². The van der Waals surface area contributed by atoms with Gasteiger partial charge < -0.3 is 29.8 Å². The van der Waals surface area contributed by atoms with Gasteiger partial charge in [0.2, 0.25) is 0 Å². The number of fused-ring (bicyclic) bond motifs is 8. The number of aromatic amines is 2. The van der Waals surface area contributed by atoms with E-state index in [0.29, 0.717) is 34.6 Å². The molecule has 10 heteroatoms. The molecule has 3 aromatic rings. The Balaban J connectivity index is 0.00000253. The van der Waals surface area contributed by atoms with Crippen molar-refractivity contribution in [2.75, 3.05) is 0 Å². The molecule has 0 saturated carbocycles. The maximum absolute atomic E-state index is 12.4. The molecule has 0 spiro atoms. The Hall–Kier alpha value is -2.46. The molecule has 0 fully saturated rings. The molecule has 2 N–H and O–H groups in total. The standard InChI is InChI=1S/C33H36N4O4.2Na/c1-8-20-15(3)23-12-25-17(5)22(10-11-29(38)39)31(36-25)19(7)32-30(33(40)41)18(6)26(37-32)14-28-21(9-2)16(4)24(35-28)13-27(20)34-23;;/h8,12-14,17,22,34-35H,1,9-11H2,2-7H3,(H,38,39)(H,40,41);;/q;2*+1/p-2. The van der Waals surface area contributed by atoms with Crippen molar-refractivity contribution in [3.05, 3.63) is 75.4 Å². The third-order valence-corrected chi connectivity index (χ3v) is 8.74. The van der Waals surface area contributed by atoms with E-state index in [9.17, 15) is 19.8 Å². The van der Waals surface area contributed by atoms with Crippen LogP contribution in [-0.2, 0) is 16.0 Å². The molecule has 8 nitrogen and oxygen atoms in total. The van der Waals surface area contributed by atoms with E-state index in [1.54, 1.807) is 13.8 Å². The number of carboxylic acid groups (broad SMARTS) is 2. The van der Waals surface area contributed by atoms with Crippen LogP contribution in [0.1, 0.15) is 96.0 Å². The summed E-state index contributed by atoms with van der Waals surface area (Å²) < 4.78 is 0. The smallest absolute Gasteiger partial charge is 0.550 e. The van der Waals surface area contributed by atoms with Gasteiger partial charge in [0.1, 0.15) is 0 Å². The number of carboxylic acids is 2. The number of carbonyl (C=O) groups excluding carboxylic acids is 2. The van der Waals surface area contributed by atoms with Gasteiger partial charge in [-0.1, -0.05) is 26.5 Å². The maximum atomic E-state index is 12.4. The van der Waals surface area contributed by atoms with Crippen LogP contribution in [0.4, 0.5) is 0 Å². The van der Waals surface area contributed by atoms with E-state index in [0.717, 1.165) is 56.4 Å². The number of aromatic nitrogens is 4. The van der Waals surface area contributed by atoms with Gasteiger partial charge >= 0.3 is 59.1 Å². The van der Waals surface area contributed by atoms with E-state index >= 15 is 0 Å². The molecule has 0 radical (unpaired) electrons. The van der Waals surface area contributed by atoms with Crippen molar-refractivity contribution in [1.82, 2.24) is 19.9 Å². The van der Waals surface area contributed by atoms with E-state index in [4.69, 9.17) is 9.97 Å². The van der Waals surface area contributed by atoms with Crippen molar-refractivity contribution in [3.63, 3.8) is 0 Å². The fraction of sp³-hybridized carbons (Fsp3) is 0.333. The minimum Gasteiger partial charge on any atom is -0.550 e. The average molecular weight is 597 g/mol. The molecule has 8 bridgehead atoms. The zero-order valence-electron chi connectivity index (χ0n) is 26.3. The van der Waals surface area contributed by atoms with Gasteiger partial charge in [-0.05, 0) is 93.0 Å². The maximum Gasteiger partial charge on any atom is 1.00 e. The first kappa shape index (κ1) is 35.0. The van der Waals surface area contributed by atoms with Gasteiger partial charge in [-0.15, -0.1) is 0 Å². The number of nitrogens with one attached hydrogen (secondary N) is 2. The van der Waals surface area contributed by atoms with Crippen LogP contribution in [-0.4, -0.2) is 31.9 Å². The monoisotopic (exact) mass is 596 g/mol. The molecule has 43 heavy (non-hydrogen) atoms. The Kier molecular flexibility index (Phi) is 11.1. The molecule has 0 aliphatic carbocycles. The summed E-state index contributed by atoms with van der Waals surface area (Å²) in [5, 5.41) is 23.8. The number of hydrogen-bond donors (Lipinski definition) is 2. The normalized spacial score (nSPS) is 16.0. The van der Waals surface area contributed by atoms with Crippen LogP contribution >= 0.6 is 0 Å². The number of aryl methyl sites for hydroxylation is 3. The predicted molar refractivity (Wildman–Crippen MR) is 158 cm³/mol. The van der Waals surface area contributed by atoms with Crippen molar-refractivity contribution in [1.29, 1.82) is 0 Å². The van der Waals surface area contributed by atoms with Gasteiger partial charge in [0.25, 0.3) is 0 Å². The largest absolute Gasteiger partial charge is 1.00 e. The summed E-state index contributed by atoms with van der Waals surface area (Å²) in [6, 6.07) is 5.96. The fourth-order valence-electron chi connectivity index (χ4n) is 6.31. The first-order chi connectivity index (χ1) is 19.5. The Bertz CT molecular complexity index is 1830. The molecule has 3 aromatic heterocycles. The van der Waals surface area contributed by atoms with Gasteiger partial charge in [0.05, 0.1) is 17.4 Å². The molecule has 2 aliphatic rings. The van der Waals surface area contributed by atoms with Crippen LogP contribution in [0.15, 0.2) is 24.8 Å². The topological polar surface area (TPSA) is 138 Å².